The summed E-state index contributed by atoms with van der Waals surface area (Å²) >= 11 is 0. The first-order chi connectivity index (χ1) is 21.5. The summed E-state index contributed by atoms with van der Waals surface area (Å²) in [6, 6.07) is 11.9. The van der Waals surface area contributed by atoms with E-state index < -0.39 is 47.6 Å². The first-order valence-corrected chi connectivity index (χ1v) is 14.4. The van der Waals surface area contributed by atoms with Crippen LogP contribution in [0.4, 0.5) is 42.5 Å². The predicted molar refractivity (Wildman–Crippen MR) is 159 cm³/mol. The van der Waals surface area contributed by atoms with Crippen molar-refractivity contribution in [3.05, 3.63) is 89.0 Å². The van der Waals surface area contributed by atoms with Crippen molar-refractivity contribution in [2.75, 3.05) is 37.4 Å². The third kappa shape index (κ3) is 8.69. The van der Waals surface area contributed by atoms with Gasteiger partial charge in [-0.15, -0.1) is 0 Å². The molecule has 3 amide bonds. The summed E-state index contributed by atoms with van der Waals surface area (Å²) in [4.78, 5) is 29.7. The molecule has 0 spiro atoms. The summed E-state index contributed by atoms with van der Waals surface area (Å²) in [6.45, 7) is 4.20. The molecule has 248 valence electrons. The Kier molecular flexibility index (Phi) is 10.5. The van der Waals surface area contributed by atoms with E-state index in [2.05, 4.69) is 10.6 Å². The Morgan fingerprint density at radius 1 is 0.957 bits per heavy atom. The van der Waals surface area contributed by atoms with Crippen LogP contribution in [0.5, 0.6) is 5.75 Å². The fraction of sp³-hybridized carbons (Fsp3) is 0.375. The molecule has 0 radical (unpaired) electrons. The number of hydrogen-bond acceptors (Lipinski definition) is 5. The van der Waals surface area contributed by atoms with Crippen molar-refractivity contribution in [1.82, 2.24) is 9.80 Å². The van der Waals surface area contributed by atoms with Crippen LogP contribution in [0.2, 0.25) is 0 Å². The van der Waals surface area contributed by atoms with Crippen LogP contribution < -0.4 is 15.4 Å². The van der Waals surface area contributed by atoms with Gasteiger partial charge < -0.3 is 25.4 Å². The van der Waals surface area contributed by atoms with Gasteiger partial charge in [-0.2, -0.15) is 26.3 Å². The summed E-state index contributed by atoms with van der Waals surface area (Å²) in [7, 11) is 1.80. The molecule has 4 rings (SSSR count). The van der Waals surface area contributed by atoms with Gasteiger partial charge >= 0.3 is 18.4 Å². The highest BCUT2D eigenvalue weighted by Gasteiger charge is 2.34. The number of ether oxygens (including phenoxy) is 1. The van der Waals surface area contributed by atoms with Gasteiger partial charge in [0.15, 0.2) is 0 Å². The van der Waals surface area contributed by atoms with Gasteiger partial charge in [0.1, 0.15) is 11.9 Å². The van der Waals surface area contributed by atoms with Crippen molar-refractivity contribution in [1.29, 1.82) is 0 Å². The fourth-order valence-corrected chi connectivity index (χ4v) is 5.04. The lowest BCUT2D eigenvalue weighted by atomic mass is 9.99. The van der Waals surface area contributed by atoms with Crippen molar-refractivity contribution in [3.63, 3.8) is 0 Å². The molecule has 0 fully saturated rings. The molecule has 46 heavy (non-hydrogen) atoms. The van der Waals surface area contributed by atoms with Gasteiger partial charge in [-0.05, 0) is 74.1 Å². The molecular weight excluding hydrogens is 618 g/mol. The van der Waals surface area contributed by atoms with Crippen LogP contribution in [0.1, 0.15) is 40.9 Å². The predicted octanol–water partition coefficient (Wildman–Crippen LogP) is 6.72. The number of anilines is 2. The molecular formula is C32H34F6N4O4. The summed E-state index contributed by atoms with van der Waals surface area (Å²) in [5.74, 6) is -0.423. The van der Waals surface area contributed by atoms with Crippen LogP contribution in [-0.4, -0.2) is 65.7 Å². The van der Waals surface area contributed by atoms with Gasteiger partial charge in [-0.1, -0.05) is 19.1 Å². The van der Waals surface area contributed by atoms with E-state index in [0.717, 1.165) is 36.4 Å². The zero-order valence-electron chi connectivity index (χ0n) is 25.2. The molecule has 1 heterocycles. The Morgan fingerprint density at radius 3 is 2.07 bits per heavy atom. The minimum Gasteiger partial charge on any atom is -0.488 e. The van der Waals surface area contributed by atoms with E-state index >= 15 is 0 Å². The molecule has 1 aliphatic rings. The van der Waals surface area contributed by atoms with Crippen LogP contribution in [0, 0.1) is 5.92 Å². The third-order valence-corrected chi connectivity index (χ3v) is 7.62. The molecule has 3 aromatic rings. The second kappa shape index (κ2) is 14.0. The molecule has 0 unspecified atom stereocenters. The van der Waals surface area contributed by atoms with Crippen molar-refractivity contribution in [2.45, 2.75) is 44.9 Å². The monoisotopic (exact) mass is 652 g/mol. The molecule has 3 atom stereocenters. The van der Waals surface area contributed by atoms with Gasteiger partial charge in [0.25, 0.3) is 5.91 Å². The van der Waals surface area contributed by atoms with Crippen molar-refractivity contribution < 1.29 is 45.8 Å². The van der Waals surface area contributed by atoms with Gasteiger partial charge in [0.05, 0.1) is 29.3 Å². The van der Waals surface area contributed by atoms with Crippen LogP contribution in [0.3, 0.4) is 0 Å². The number of carbonyl (C=O) groups is 2. The number of likely N-dealkylation sites (N-methyl/N-ethyl adjacent to an activating group) is 1. The van der Waals surface area contributed by atoms with Crippen LogP contribution >= 0.6 is 0 Å². The maximum absolute atomic E-state index is 13.7. The molecule has 0 bridgehead atoms. The standard InChI is InChI=1S/C32H34F6N4O4/c1-19-15-42(20(2)18-43)29(44)26-14-25(40-30(45)39-24-10-8-23(9-11-24)32(36,37)38)12-13-27(26)46-28(19)17-41(3)16-21-4-6-22(7-5-21)31(33,34)35/h4-14,19-20,28,43H,15-18H2,1-3H3,(H2,39,40,45)/t19-,20+,28+/m0/s1. The molecule has 0 saturated carbocycles. The smallest absolute Gasteiger partial charge is 0.416 e. The van der Waals surface area contributed by atoms with Gasteiger partial charge in [0.2, 0.25) is 0 Å². The van der Waals surface area contributed by atoms with Crippen molar-refractivity contribution in [2.24, 2.45) is 5.92 Å². The minimum atomic E-state index is -4.52. The van der Waals surface area contributed by atoms with E-state index in [0.29, 0.717) is 18.7 Å². The Bertz CT molecular complexity index is 1510. The summed E-state index contributed by atoms with van der Waals surface area (Å²) in [6.07, 6.45) is -9.42. The summed E-state index contributed by atoms with van der Waals surface area (Å²) in [5, 5.41) is 14.9. The quantitative estimate of drug-likeness (QED) is 0.235. The van der Waals surface area contributed by atoms with E-state index in [-0.39, 0.29) is 41.8 Å². The highest BCUT2D eigenvalue weighted by Crippen LogP contribution is 2.33. The Balaban J connectivity index is 1.51. The Labute approximate surface area is 261 Å². The summed E-state index contributed by atoms with van der Waals surface area (Å²) < 4.78 is 83.8. The van der Waals surface area contributed by atoms with Gasteiger partial charge in [-0.25, -0.2) is 4.79 Å². The Hall–Kier alpha value is -4.30. The van der Waals surface area contributed by atoms with E-state index in [1.807, 2.05) is 11.8 Å². The first kappa shape index (κ1) is 34.6. The summed E-state index contributed by atoms with van der Waals surface area (Å²) in [5.41, 5.74) is -0.474. The molecule has 1 aliphatic heterocycles. The highest BCUT2D eigenvalue weighted by molar-refractivity contribution is 6.02. The Morgan fingerprint density at radius 2 is 1.50 bits per heavy atom. The van der Waals surface area contributed by atoms with E-state index in [9.17, 15) is 41.0 Å². The van der Waals surface area contributed by atoms with E-state index in [1.165, 1.54) is 35.2 Å². The number of halogens is 6. The van der Waals surface area contributed by atoms with Crippen molar-refractivity contribution in [3.8, 4) is 5.75 Å². The maximum atomic E-state index is 13.7. The number of aliphatic hydroxyl groups is 1. The number of benzene rings is 3. The zero-order valence-corrected chi connectivity index (χ0v) is 25.2. The molecule has 0 aromatic heterocycles. The fourth-order valence-electron chi connectivity index (χ4n) is 5.04. The number of rotatable bonds is 8. The van der Waals surface area contributed by atoms with E-state index in [1.54, 1.807) is 14.0 Å². The van der Waals surface area contributed by atoms with Crippen molar-refractivity contribution >= 4 is 23.3 Å². The molecule has 3 N–H and O–H groups in total. The zero-order chi connectivity index (χ0) is 33.8. The average molecular weight is 653 g/mol. The van der Waals surface area contributed by atoms with Crippen LogP contribution in [-0.2, 0) is 18.9 Å². The maximum Gasteiger partial charge on any atom is 0.416 e. The average Bonchev–Trinajstić information content (AvgIpc) is 2.98. The number of amides is 3. The topological polar surface area (TPSA) is 94.1 Å². The molecule has 0 saturated heterocycles. The highest BCUT2D eigenvalue weighted by atomic mass is 19.4. The lowest BCUT2D eigenvalue weighted by Gasteiger charge is -2.38. The minimum absolute atomic E-state index is 0.120. The largest absolute Gasteiger partial charge is 0.488 e. The lowest BCUT2D eigenvalue weighted by Crippen LogP contribution is -2.49. The SMILES string of the molecule is C[C@H](CO)N1C[C@H](C)[C@@H](CN(C)Cc2ccc(C(F)(F)F)cc2)Oc2ccc(NC(=O)Nc3ccc(C(F)(F)F)cc3)cc2C1=O. The number of aliphatic hydroxyl groups excluding tert-OH is 1. The van der Waals surface area contributed by atoms with Gasteiger partial charge in [0, 0.05) is 36.9 Å². The second-order valence-electron chi connectivity index (χ2n) is 11.4. The van der Waals surface area contributed by atoms with E-state index in [4.69, 9.17) is 4.74 Å². The lowest BCUT2D eigenvalue weighted by molar-refractivity contribution is -0.138. The second-order valence-corrected chi connectivity index (χ2v) is 11.4. The molecule has 14 heteroatoms. The number of nitrogens with zero attached hydrogens (tertiary/aromatic N) is 2. The normalized spacial score (nSPS) is 17.9. The molecule has 8 nitrogen and oxygen atoms in total. The number of hydrogen-bond donors (Lipinski definition) is 3. The number of urea groups is 1. The number of nitrogens with one attached hydrogen (secondary N) is 2. The number of carbonyl (C=O) groups excluding carboxylic acids is 2. The molecule has 3 aromatic carbocycles. The van der Waals surface area contributed by atoms with Crippen LogP contribution in [0.15, 0.2) is 66.7 Å². The number of fused-ring (bicyclic) bond motifs is 1. The van der Waals surface area contributed by atoms with Gasteiger partial charge in [-0.3, -0.25) is 9.69 Å². The first-order valence-electron chi connectivity index (χ1n) is 14.4. The van der Waals surface area contributed by atoms with Crippen LogP contribution in [0.25, 0.3) is 0 Å². The number of alkyl halides is 6. The molecule has 0 aliphatic carbocycles. The third-order valence-electron chi connectivity index (χ3n) is 7.62.